The van der Waals surface area contributed by atoms with Crippen molar-refractivity contribution in [1.29, 1.82) is 0 Å². The lowest BCUT2D eigenvalue weighted by atomic mass is 9.93. The Morgan fingerprint density at radius 3 is 2.93 bits per heavy atom. The smallest absolute Gasteiger partial charge is 0.270 e. The summed E-state index contributed by atoms with van der Waals surface area (Å²) in [5.41, 5.74) is 4.02. The first-order valence-corrected chi connectivity index (χ1v) is 10.0. The second-order valence-corrected chi connectivity index (χ2v) is 7.59. The van der Waals surface area contributed by atoms with Gasteiger partial charge < -0.3 is 9.84 Å². The van der Waals surface area contributed by atoms with Crippen molar-refractivity contribution in [2.75, 3.05) is 0 Å². The minimum Gasteiger partial charge on any atom is -0.344 e. The van der Waals surface area contributed by atoms with Crippen molar-refractivity contribution in [1.82, 2.24) is 25.2 Å². The number of nitrogens with zero attached hydrogens (tertiary/aromatic N) is 4. The standard InChI is InChI=1S/C21H23N5O2/c1-2-19-24-20(25-28-19)14-6-8-16-13(12-14)7-9-17(16)23-21(27)18-10-11-22-26(18)15-4-3-5-15/h6,8,10-12,15,17H,2-5,7,9H2,1H3,(H,23,27)/t17-/m1/s1. The zero-order valence-corrected chi connectivity index (χ0v) is 15.9. The van der Waals surface area contributed by atoms with Crippen molar-refractivity contribution < 1.29 is 9.32 Å². The molecule has 0 bridgehead atoms. The van der Waals surface area contributed by atoms with E-state index in [0.29, 0.717) is 23.5 Å². The molecule has 2 aliphatic rings. The molecule has 2 aliphatic carbocycles. The number of fused-ring (bicyclic) bond motifs is 1. The molecule has 2 heterocycles. The average Bonchev–Trinajstić information content (AvgIpc) is 3.39. The summed E-state index contributed by atoms with van der Waals surface area (Å²) in [4.78, 5) is 17.3. The van der Waals surface area contributed by atoms with Crippen LogP contribution in [0.1, 0.15) is 72.2 Å². The molecule has 1 amide bonds. The minimum atomic E-state index is -0.0444. The molecule has 1 N–H and O–H groups in total. The zero-order valence-electron chi connectivity index (χ0n) is 15.9. The lowest BCUT2D eigenvalue weighted by Gasteiger charge is -2.27. The van der Waals surface area contributed by atoms with Crippen molar-refractivity contribution in [2.24, 2.45) is 0 Å². The topological polar surface area (TPSA) is 85.8 Å². The number of carbonyl (C=O) groups is 1. The highest BCUT2D eigenvalue weighted by Gasteiger charge is 2.28. The van der Waals surface area contributed by atoms with E-state index in [2.05, 4.69) is 32.7 Å². The normalized spacial score (nSPS) is 18.7. The highest BCUT2D eigenvalue weighted by atomic mass is 16.5. The van der Waals surface area contributed by atoms with Crippen molar-refractivity contribution in [2.45, 2.75) is 57.5 Å². The second kappa shape index (κ2) is 6.89. The van der Waals surface area contributed by atoms with Crippen LogP contribution in [0.4, 0.5) is 0 Å². The predicted molar refractivity (Wildman–Crippen MR) is 103 cm³/mol. The summed E-state index contributed by atoms with van der Waals surface area (Å²) in [5.74, 6) is 1.22. The van der Waals surface area contributed by atoms with E-state index in [1.165, 1.54) is 17.5 Å². The van der Waals surface area contributed by atoms with Gasteiger partial charge in [-0.3, -0.25) is 9.48 Å². The fraction of sp³-hybridized carbons (Fsp3) is 0.429. The SMILES string of the molecule is CCc1nc(-c2ccc3c(c2)CC[C@H]3NC(=O)c2ccnn2C2CCC2)no1. The number of amides is 1. The molecule has 0 aliphatic heterocycles. The number of rotatable bonds is 5. The number of carbonyl (C=O) groups excluding carboxylic acids is 1. The van der Waals surface area contributed by atoms with Crippen LogP contribution in [0.15, 0.2) is 35.0 Å². The van der Waals surface area contributed by atoms with Gasteiger partial charge in [0.15, 0.2) is 0 Å². The van der Waals surface area contributed by atoms with Gasteiger partial charge in [0.1, 0.15) is 5.69 Å². The van der Waals surface area contributed by atoms with Crippen LogP contribution in [0, 0.1) is 0 Å². The third-order valence-corrected chi connectivity index (χ3v) is 5.88. The van der Waals surface area contributed by atoms with Gasteiger partial charge in [-0.25, -0.2) is 0 Å². The van der Waals surface area contributed by atoms with Crippen molar-refractivity contribution in [3.05, 3.63) is 53.2 Å². The Bertz CT molecular complexity index is 1020. The van der Waals surface area contributed by atoms with Crippen LogP contribution in [0.25, 0.3) is 11.4 Å². The molecule has 0 unspecified atom stereocenters. The highest BCUT2D eigenvalue weighted by Crippen LogP contribution is 2.35. The second-order valence-electron chi connectivity index (χ2n) is 7.59. The van der Waals surface area contributed by atoms with Gasteiger partial charge in [0.05, 0.1) is 12.1 Å². The molecule has 3 aromatic rings. The van der Waals surface area contributed by atoms with Gasteiger partial charge in [-0.05, 0) is 55.4 Å². The number of aromatic nitrogens is 4. The maximum atomic E-state index is 12.9. The van der Waals surface area contributed by atoms with Gasteiger partial charge in [-0.1, -0.05) is 24.2 Å². The first-order chi connectivity index (χ1) is 13.7. The quantitative estimate of drug-likeness (QED) is 0.734. The summed E-state index contributed by atoms with van der Waals surface area (Å²) in [5, 5.41) is 11.6. The Morgan fingerprint density at radius 2 is 2.18 bits per heavy atom. The van der Waals surface area contributed by atoms with Crippen molar-refractivity contribution in [3.8, 4) is 11.4 Å². The summed E-state index contributed by atoms with van der Waals surface area (Å²) in [6.45, 7) is 1.99. The molecule has 5 rings (SSSR count). The van der Waals surface area contributed by atoms with Gasteiger partial charge in [-0.15, -0.1) is 0 Å². The van der Waals surface area contributed by atoms with Crippen LogP contribution in [-0.4, -0.2) is 25.8 Å². The van der Waals surface area contributed by atoms with E-state index < -0.39 is 0 Å². The van der Waals surface area contributed by atoms with Gasteiger partial charge in [-0.2, -0.15) is 10.1 Å². The monoisotopic (exact) mass is 377 g/mol. The van der Waals surface area contributed by atoms with Crippen LogP contribution in [0.5, 0.6) is 0 Å². The number of aryl methyl sites for hydroxylation is 2. The molecule has 1 saturated carbocycles. The van der Waals surface area contributed by atoms with Gasteiger partial charge in [0.25, 0.3) is 5.91 Å². The highest BCUT2D eigenvalue weighted by molar-refractivity contribution is 5.93. The fourth-order valence-electron chi connectivity index (χ4n) is 4.07. The van der Waals surface area contributed by atoms with Crippen LogP contribution >= 0.6 is 0 Å². The summed E-state index contributed by atoms with van der Waals surface area (Å²) in [7, 11) is 0. The summed E-state index contributed by atoms with van der Waals surface area (Å²) >= 11 is 0. The Labute approximate surface area is 163 Å². The number of hydrogen-bond donors (Lipinski definition) is 1. The van der Waals surface area contributed by atoms with Crippen LogP contribution in [0.3, 0.4) is 0 Å². The van der Waals surface area contributed by atoms with E-state index in [0.717, 1.165) is 37.7 Å². The van der Waals surface area contributed by atoms with Crippen LogP contribution in [0.2, 0.25) is 0 Å². The lowest BCUT2D eigenvalue weighted by Crippen LogP contribution is -2.31. The number of hydrogen-bond acceptors (Lipinski definition) is 5. The third kappa shape index (κ3) is 2.91. The summed E-state index contributed by atoms with van der Waals surface area (Å²) in [6, 6.07) is 8.41. The Morgan fingerprint density at radius 1 is 1.29 bits per heavy atom. The Kier molecular flexibility index (Phi) is 4.22. The molecule has 1 fully saturated rings. The first-order valence-electron chi connectivity index (χ1n) is 10.0. The van der Waals surface area contributed by atoms with Crippen molar-refractivity contribution >= 4 is 5.91 Å². The Balaban J connectivity index is 1.34. The first kappa shape index (κ1) is 17.2. The molecule has 0 radical (unpaired) electrons. The molecule has 1 atom stereocenters. The Hall–Kier alpha value is -2.96. The molecular formula is C21H23N5O2. The minimum absolute atomic E-state index is 0.0257. The lowest BCUT2D eigenvalue weighted by molar-refractivity contribution is 0.0918. The maximum Gasteiger partial charge on any atom is 0.270 e. The summed E-state index contributed by atoms with van der Waals surface area (Å²) in [6.07, 6.45) is 7.69. The average molecular weight is 377 g/mol. The molecule has 144 valence electrons. The van der Waals surface area contributed by atoms with Gasteiger partial charge >= 0.3 is 0 Å². The zero-order chi connectivity index (χ0) is 19.1. The number of benzene rings is 1. The molecular weight excluding hydrogens is 354 g/mol. The van der Waals surface area contributed by atoms with Crippen LogP contribution in [-0.2, 0) is 12.8 Å². The molecule has 1 aromatic carbocycles. The van der Waals surface area contributed by atoms with E-state index in [1.807, 2.05) is 23.7 Å². The van der Waals surface area contributed by atoms with Gasteiger partial charge in [0, 0.05) is 18.2 Å². The van der Waals surface area contributed by atoms with E-state index in [-0.39, 0.29) is 11.9 Å². The third-order valence-electron chi connectivity index (χ3n) is 5.88. The van der Waals surface area contributed by atoms with E-state index in [1.54, 1.807) is 6.20 Å². The van der Waals surface area contributed by atoms with E-state index in [4.69, 9.17) is 4.52 Å². The molecule has 28 heavy (non-hydrogen) atoms. The molecule has 7 heteroatoms. The maximum absolute atomic E-state index is 12.9. The molecule has 0 saturated heterocycles. The van der Waals surface area contributed by atoms with Crippen molar-refractivity contribution in [3.63, 3.8) is 0 Å². The van der Waals surface area contributed by atoms with Crippen LogP contribution < -0.4 is 5.32 Å². The van der Waals surface area contributed by atoms with Gasteiger partial charge in [0.2, 0.25) is 11.7 Å². The predicted octanol–water partition coefficient (Wildman–Crippen LogP) is 3.64. The fourth-order valence-corrected chi connectivity index (χ4v) is 4.07. The van der Waals surface area contributed by atoms with E-state index in [9.17, 15) is 4.79 Å². The van der Waals surface area contributed by atoms with E-state index >= 15 is 0 Å². The summed E-state index contributed by atoms with van der Waals surface area (Å²) < 4.78 is 7.11. The molecule has 2 aromatic heterocycles. The largest absolute Gasteiger partial charge is 0.344 e. The molecule has 7 nitrogen and oxygen atoms in total. The molecule has 0 spiro atoms. The number of nitrogens with one attached hydrogen (secondary N) is 1.